The van der Waals surface area contributed by atoms with Gasteiger partial charge in [-0.25, -0.2) is 0 Å². The fourth-order valence-electron chi connectivity index (χ4n) is 2.87. The van der Waals surface area contributed by atoms with Gasteiger partial charge < -0.3 is 15.4 Å². The van der Waals surface area contributed by atoms with Crippen molar-refractivity contribution in [2.45, 2.75) is 20.0 Å². The van der Waals surface area contributed by atoms with E-state index in [0.29, 0.717) is 22.7 Å². The van der Waals surface area contributed by atoms with Crippen molar-refractivity contribution in [3.8, 4) is 5.75 Å². The van der Waals surface area contributed by atoms with Gasteiger partial charge in [-0.2, -0.15) is 5.10 Å². The number of benzene rings is 2. The number of carbonyl (C=O) groups is 2. The van der Waals surface area contributed by atoms with Gasteiger partial charge in [-0.15, -0.1) is 0 Å². The Morgan fingerprint density at radius 1 is 1.28 bits per heavy atom. The van der Waals surface area contributed by atoms with Crippen LogP contribution in [0.3, 0.4) is 0 Å². The third-order valence-corrected chi connectivity index (χ3v) is 4.26. The van der Waals surface area contributed by atoms with Crippen LogP contribution in [0.1, 0.15) is 22.8 Å². The summed E-state index contributed by atoms with van der Waals surface area (Å²) >= 11 is 0. The first kappa shape index (κ1) is 15.2. The Hall–Kier alpha value is -3.35. The zero-order chi connectivity index (χ0) is 17.6. The molecule has 3 aromatic rings. The van der Waals surface area contributed by atoms with E-state index in [9.17, 15) is 9.59 Å². The summed E-state index contributed by atoms with van der Waals surface area (Å²) in [6.45, 7) is 3.62. The summed E-state index contributed by atoms with van der Waals surface area (Å²) in [6.07, 6.45) is 1.07. The molecule has 0 aliphatic carbocycles. The van der Waals surface area contributed by atoms with Crippen LogP contribution in [-0.2, 0) is 4.79 Å². The number of amides is 2. The second-order valence-corrected chi connectivity index (χ2v) is 5.97. The molecule has 1 atom stereocenters. The summed E-state index contributed by atoms with van der Waals surface area (Å²) < 4.78 is 5.63. The summed E-state index contributed by atoms with van der Waals surface area (Å²) in [5, 5.41) is 13.5. The predicted molar refractivity (Wildman–Crippen MR) is 93.9 cm³/mol. The number of H-pyrrole nitrogens is 1. The molecule has 1 aliphatic rings. The monoisotopic (exact) mass is 336 g/mol. The van der Waals surface area contributed by atoms with Crippen molar-refractivity contribution in [3.05, 3.63) is 47.7 Å². The van der Waals surface area contributed by atoms with E-state index >= 15 is 0 Å². The zero-order valence-corrected chi connectivity index (χ0v) is 13.7. The summed E-state index contributed by atoms with van der Waals surface area (Å²) in [6, 6.07) is 8.82. The van der Waals surface area contributed by atoms with Crippen LogP contribution < -0.4 is 15.4 Å². The molecule has 0 bridgehead atoms. The van der Waals surface area contributed by atoms with Crippen LogP contribution >= 0.6 is 0 Å². The number of anilines is 2. The highest BCUT2D eigenvalue weighted by Gasteiger charge is 2.27. The van der Waals surface area contributed by atoms with E-state index in [-0.39, 0.29) is 11.8 Å². The van der Waals surface area contributed by atoms with Crippen LogP contribution in [0.4, 0.5) is 11.4 Å². The third kappa shape index (κ3) is 2.50. The molecular weight excluding hydrogens is 320 g/mol. The number of ether oxygens (including phenoxy) is 1. The van der Waals surface area contributed by atoms with Gasteiger partial charge in [-0.1, -0.05) is 12.1 Å². The first-order valence-corrected chi connectivity index (χ1v) is 7.89. The van der Waals surface area contributed by atoms with E-state index < -0.39 is 6.10 Å². The van der Waals surface area contributed by atoms with Gasteiger partial charge in [0.25, 0.3) is 11.8 Å². The van der Waals surface area contributed by atoms with Gasteiger partial charge >= 0.3 is 0 Å². The van der Waals surface area contributed by atoms with Crippen molar-refractivity contribution in [1.82, 2.24) is 10.2 Å². The lowest BCUT2D eigenvalue weighted by Crippen LogP contribution is -2.35. The second-order valence-electron chi connectivity index (χ2n) is 5.97. The summed E-state index contributed by atoms with van der Waals surface area (Å²) in [4.78, 5) is 24.5. The maximum absolute atomic E-state index is 12.8. The van der Waals surface area contributed by atoms with Gasteiger partial charge in [0.2, 0.25) is 0 Å². The SMILES string of the molecule is Cc1ccc(NC(=O)c2cccc3c2O[C@@H](C)C(=O)N3)c2[nH]ncc12. The smallest absolute Gasteiger partial charge is 0.265 e. The number of nitrogens with zero attached hydrogens (tertiary/aromatic N) is 1. The van der Waals surface area contributed by atoms with E-state index in [1.807, 2.05) is 19.1 Å². The van der Waals surface area contributed by atoms with Crippen LogP contribution in [0.25, 0.3) is 10.9 Å². The minimum absolute atomic E-state index is 0.234. The van der Waals surface area contributed by atoms with Crippen molar-refractivity contribution in [1.29, 1.82) is 0 Å². The average molecular weight is 336 g/mol. The highest BCUT2D eigenvalue weighted by atomic mass is 16.5. The van der Waals surface area contributed by atoms with Crippen molar-refractivity contribution in [3.63, 3.8) is 0 Å². The van der Waals surface area contributed by atoms with Gasteiger partial charge in [0.05, 0.1) is 28.7 Å². The highest BCUT2D eigenvalue weighted by molar-refractivity contribution is 6.12. The Bertz CT molecular complexity index is 1010. The number of aromatic nitrogens is 2. The zero-order valence-electron chi connectivity index (χ0n) is 13.7. The second kappa shape index (κ2) is 5.62. The molecule has 1 aromatic heterocycles. The number of aromatic amines is 1. The number of nitrogens with one attached hydrogen (secondary N) is 3. The van der Waals surface area contributed by atoms with Gasteiger partial charge in [0.15, 0.2) is 11.9 Å². The first-order chi connectivity index (χ1) is 12.0. The van der Waals surface area contributed by atoms with Crippen molar-refractivity contribution in [2.24, 2.45) is 0 Å². The fourth-order valence-corrected chi connectivity index (χ4v) is 2.87. The predicted octanol–water partition coefficient (Wildman–Crippen LogP) is 2.84. The molecule has 2 aromatic carbocycles. The number of fused-ring (bicyclic) bond motifs is 2. The molecule has 25 heavy (non-hydrogen) atoms. The third-order valence-electron chi connectivity index (χ3n) is 4.26. The van der Waals surface area contributed by atoms with E-state index in [0.717, 1.165) is 16.5 Å². The number of aryl methyl sites for hydroxylation is 1. The molecule has 126 valence electrons. The molecule has 7 heteroatoms. The molecule has 2 heterocycles. The molecule has 0 spiro atoms. The number of hydrogen-bond donors (Lipinski definition) is 3. The quantitative estimate of drug-likeness (QED) is 0.670. The molecule has 4 rings (SSSR count). The standard InChI is InChI=1S/C18H16N4O3/c1-9-6-7-13(15-12(9)8-19-22-15)20-18(24)11-4-3-5-14-16(11)25-10(2)17(23)21-14/h3-8,10H,1-2H3,(H,19,22)(H,20,24)(H,21,23)/t10-/m0/s1. The van der Waals surface area contributed by atoms with Crippen LogP contribution in [0, 0.1) is 6.92 Å². The van der Waals surface area contributed by atoms with Gasteiger partial charge in [-0.3, -0.25) is 14.7 Å². The highest BCUT2D eigenvalue weighted by Crippen LogP contribution is 2.34. The lowest BCUT2D eigenvalue weighted by molar-refractivity contribution is -0.122. The summed E-state index contributed by atoms with van der Waals surface area (Å²) in [5.41, 5.74) is 3.32. The average Bonchev–Trinajstić information content (AvgIpc) is 3.09. The normalized spacial score (nSPS) is 16.1. The van der Waals surface area contributed by atoms with Gasteiger partial charge in [0, 0.05) is 5.39 Å². The number of para-hydroxylation sites is 1. The molecule has 0 saturated carbocycles. The first-order valence-electron chi connectivity index (χ1n) is 7.89. The summed E-state index contributed by atoms with van der Waals surface area (Å²) in [7, 11) is 0. The minimum Gasteiger partial charge on any atom is -0.478 e. The molecule has 2 amide bonds. The molecule has 7 nitrogen and oxygen atoms in total. The van der Waals surface area contributed by atoms with Gasteiger partial charge in [-0.05, 0) is 37.6 Å². The van der Waals surface area contributed by atoms with E-state index in [2.05, 4.69) is 20.8 Å². The lowest BCUT2D eigenvalue weighted by atomic mass is 10.1. The van der Waals surface area contributed by atoms with E-state index in [4.69, 9.17) is 4.74 Å². The van der Waals surface area contributed by atoms with Crippen LogP contribution in [0.5, 0.6) is 5.75 Å². The molecule has 0 saturated heterocycles. The summed E-state index contributed by atoms with van der Waals surface area (Å²) in [5.74, 6) is -0.178. The van der Waals surface area contributed by atoms with Crippen molar-refractivity contribution in [2.75, 3.05) is 10.6 Å². The maximum atomic E-state index is 12.8. The Kier molecular flexibility index (Phi) is 3.42. The maximum Gasteiger partial charge on any atom is 0.265 e. The molecule has 3 N–H and O–H groups in total. The molecular formula is C18H16N4O3. The largest absolute Gasteiger partial charge is 0.478 e. The van der Waals surface area contributed by atoms with Crippen LogP contribution in [0.15, 0.2) is 36.5 Å². The number of carbonyl (C=O) groups excluding carboxylic acids is 2. The number of rotatable bonds is 2. The molecule has 0 radical (unpaired) electrons. The molecule has 0 fully saturated rings. The molecule has 0 unspecified atom stereocenters. The topological polar surface area (TPSA) is 96.1 Å². The van der Waals surface area contributed by atoms with Crippen molar-refractivity contribution < 1.29 is 14.3 Å². The van der Waals surface area contributed by atoms with Crippen LogP contribution in [0.2, 0.25) is 0 Å². The molecule has 1 aliphatic heterocycles. The fraction of sp³-hybridized carbons (Fsp3) is 0.167. The Morgan fingerprint density at radius 2 is 2.12 bits per heavy atom. The van der Waals surface area contributed by atoms with Crippen LogP contribution in [-0.4, -0.2) is 28.1 Å². The lowest BCUT2D eigenvalue weighted by Gasteiger charge is -2.25. The van der Waals surface area contributed by atoms with Gasteiger partial charge in [0.1, 0.15) is 0 Å². The Labute approximate surface area is 143 Å². The van der Waals surface area contributed by atoms with Crippen molar-refractivity contribution >= 4 is 34.1 Å². The Balaban J connectivity index is 1.70. The minimum atomic E-state index is -0.653. The number of hydrogen-bond acceptors (Lipinski definition) is 4. The Morgan fingerprint density at radius 3 is 2.96 bits per heavy atom. The van der Waals surface area contributed by atoms with E-state index in [1.165, 1.54) is 0 Å². The van der Waals surface area contributed by atoms with E-state index in [1.54, 1.807) is 31.3 Å².